The summed E-state index contributed by atoms with van der Waals surface area (Å²) in [4.78, 5) is 23.9. The summed E-state index contributed by atoms with van der Waals surface area (Å²) < 4.78 is 0. The lowest BCUT2D eigenvalue weighted by Crippen LogP contribution is -2.44. The van der Waals surface area contributed by atoms with E-state index in [0.717, 1.165) is 16.3 Å². The van der Waals surface area contributed by atoms with Crippen molar-refractivity contribution >= 4 is 28.7 Å². The topological polar surface area (TPSA) is 58.2 Å². The van der Waals surface area contributed by atoms with Crippen LogP contribution in [0.1, 0.15) is 33.3 Å². The zero-order valence-electron chi connectivity index (χ0n) is 13.9. The second-order valence-corrected chi connectivity index (χ2v) is 6.51. The average Bonchev–Trinajstić information content (AvgIpc) is 2.44. The SMILES string of the molecule is CC(=O)N/C(=C/c1cccc2ccccc12)C(=O)NC(C)(C)C. The Morgan fingerprint density at radius 3 is 2.30 bits per heavy atom. The van der Waals surface area contributed by atoms with Crippen LogP contribution in [0.3, 0.4) is 0 Å². The lowest BCUT2D eigenvalue weighted by molar-refractivity contribution is -0.123. The van der Waals surface area contributed by atoms with Crippen LogP contribution in [0.25, 0.3) is 16.8 Å². The van der Waals surface area contributed by atoms with Crippen molar-refractivity contribution in [3.63, 3.8) is 0 Å². The number of hydrogen-bond acceptors (Lipinski definition) is 2. The van der Waals surface area contributed by atoms with Gasteiger partial charge in [0.25, 0.3) is 5.91 Å². The highest BCUT2D eigenvalue weighted by molar-refractivity contribution is 6.03. The Kier molecular flexibility index (Phi) is 4.84. The molecule has 0 heterocycles. The van der Waals surface area contributed by atoms with E-state index in [-0.39, 0.29) is 23.1 Å². The molecule has 2 amide bonds. The van der Waals surface area contributed by atoms with Gasteiger partial charge in [-0.25, -0.2) is 0 Å². The van der Waals surface area contributed by atoms with Gasteiger partial charge < -0.3 is 10.6 Å². The molecule has 0 aliphatic carbocycles. The summed E-state index contributed by atoms with van der Waals surface area (Å²) in [6.45, 7) is 7.08. The van der Waals surface area contributed by atoms with Gasteiger partial charge in [0.2, 0.25) is 5.91 Å². The second-order valence-electron chi connectivity index (χ2n) is 6.51. The minimum atomic E-state index is -0.382. The molecule has 4 heteroatoms. The maximum atomic E-state index is 12.4. The summed E-state index contributed by atoms with van der Waals surface area (Å²) in [6, 6.07) is 13.8. The first-order valence-electron chi connectivity index (χ1n) is 7.56. The molecule has 0 aromatic heterocycles. The zero-order valence-corrected chi connectivity index (χ0v) is 13.9. The van der Waals surface area contributed by atoms with Crippen molar-refractivity contribution in [1.29, 1.82) is 0 Å². The fourth-order valence-electron chi connectivity index (χ4n) is 2.29. The number of rotatable bonds is 3. The summed E-state index contributed by atoms with van der Waals surface area (Å²) >= 11 is 0. The summed E-state index contributed by atoms with van der Waals surface area (Å²) in [5.74, 6) is -0.582. The molecule has 2 aromatic rings. The van der Waals surface area contributed by atoms with Crippen LogP contribution in [-0.4, -0.2) is 17.4 Å². The molecule has 0 atom stereocenters. The van der Waals surface area contributed by atoms with E-state index in [2.05, 4.69) is 10.6 Å². The molecular formula is C19H22N2O2. The number of carbonyl (C=O) groups is 2. The Labute approximate surface area is 136 Å². The first-order chi connectivity index (χ1) is 10.8. The molecular weight excluding hydrogens is 288 g/mol. The van der Waals surface area contributed by atoms with Crippen molar-refractivity contribution in [1.82, 2.24) is 10.6 Å². The van der Waals surface area contributed by atoms with E-state index in [0.29, 0.717) is 0 Å². The Morgan fingerprint density at radius 1 is 1.00 bits per heavy atom. The number of benzene rings is 2. The normalized spacial score (nSPS) is 12.1. The molecule has 0 saturated carbocycles. The van der Waals surface area contributed by atoms with E-state index in [1.54, 1.807) is 6.08 Å². The highest BCUT2D eigenvalue weighted by atomic mass is 16.2. The standard InChI is InChI=1S/C19H22N2O2/c1-13(22)20-17(18(23)21-19(2,3)4)12-15-10-7-9-14-8-5-6-11-16(14)15/h5-12H,1-4H3,(H,20,22)(H,21,23)/b17-12+. The maximum Gasteiger partial charge on any atom is 0.268 e. The lowest BCUT2D eigenvalue weighted by atomic mass is 10.0. The van der Waals surface area contributed by atoms with Crippen LogP contribution >= 0.6 is 0 Å². The third kappa shape index (κ3) is 4.68. The molecule has 2 rings (SSSR count). The number of hydrogen-bond donors (Lipinski definition) is 2. The van der Waals surface area contributed by atoms with Gasteiger partial charge in [0, 0.05) is 12.5 Å². The highest BCUT2D eigenvalue weighted by Gasteiger charge is 2.18. The summed E-state index contributed by atoms with van der Waals surface area (Å²) in [5.41, 5.74) is 0.743. The molecule has 0 aliphatic rings. The van der Waals surface area contributed by atoms with Gasteiger partial charge in [0.15, 0.2) is 0 Å². The molecule has 2 aromatic carbocycles. The van der Waals surface area contributed by atoms with Crippen LogP contribution < -0.4 is 10.6 Å². The van der Waals surface area contributed by atoms with Gasteiger partial charge >= 0.3 is 0 Å². The van der Waals surface area contributed by atoms with Gasteiger partial charge in [0.05, 0.1) is 0 Å². The molecule has 0 bridgehead atoms. The smallest absolute Gasteiger partial charge is 0.268 e. The van der Waals surface area contributed by atoms with E-state index in [9.17, 15) is 9.59 Å². The fraction of sp³-hybridized carbons (Fsp3) is 0.263. The van der Waals surface area contributed by atoms with Crippen molar-refractivity contribution in [3.05, 3.63) is 53.7 Å². The van der Waals surface area contributed by atoms with E-state index >= 15 is 0 Å². The van der Waals surface area contributed by atoms with Gasteiger partial charge in [0.1, 0.15) is 5.70 Å². The van der Waals surface area contributed by atoms with Crippen LogP contribution in [0.2, 0.25) is 0 Å². The van der Waals surface area contributed by atoms with Crippen molar-refractivity contribution in [2.24, 2.45) is 0 Å². The van der Waals surface area contributed by atoms with Crippen molar-refractivity contribution in [3.8, 4) is 0 Å². The summed E-state index contributed by atoms with van der Waals surface area (Å²) in [6.07, 6.45) is 1.71. The monoisotopic (exact) mass is 310 g/mol. The van der Waals surface area contributed by atoms with Crippen LogP contribution in [0.5, 0.6) is 0 Å². The third-order valence-electron chi connectivity index (χ3n) is 3.17. The van der Waals surface area contributed by atoms with Crippen LogP contribution in [0, 0.1) is 0 Å². The molecule has 0 radical (unpaired) electrons. The van der Waals surface area contributed by atoms with Crippen LogP contribution in [0.4, 0.5) is 0 Å². The second kappa shape index (κ2) is 6.65. The fourth-order valence-corrected chi connectivity index (χ4v) is 2.29. The predicted octanol–water partition coefficient (Wildman–Crippen LogP) is 3.23. The molecule has 0 fully saturated rings. The predicted molar refractivity (Wildman–Crippen MR) is 93.6 cm³/mol. The molecule has 4 nitrogen and oxygen atoms in total. The minimum Gasteiger partial charge on any atom is -0.346 e. The van der Waals surface area contributed by atoms with Crippen molar-refractivity contribution in [2.45, 2.75) is 33.2 Å². The molecule has 0 unspecified atom stereocenters. The molecule has 0 saturated heterocycles. The summed E-state index contributed by atoms with van der Waals surface area (Å²) in [7, 11) is 0. The Morgan fingerprint density at radius 2 is 1.65 bits per heavy atom. The minimum absolute atomic E-state index is 0.240. The van der Waals surface area contributed by atoms with Crippen molar-refractivity contribution < 1.29 is 9.59 Å². The van der Waals surface area contributed by atoms with Gasteiger partial charge in [-0.2, -0.15) is 0 Å². The largest absolute Gasteiger partial charge is 0.346 e. The number of fused-ring (bicyclic) bond motifs is 1. The maximum absolute atomic E-state index is 12.4. The Hall–Kier alpha value is -2.62. The molecule has 120 valence electrons. The molecule has 0 aliphatic heterocycles. The van der Waals surface area contributed by atoms with Crippen LogP contribution in [0.15, 0.2) is 48.2 Å². The number of carbonyl (C=O) groups excluding carboxylic acids is 2. The first kappa shape index (κ1) is 16.7. The molecule has 0 spiro atoms. The highest BCUT2D eigenvalue weighted by Crippen LogP contribution is 2.20. The van der Waals surface area contributed by atoms with Gasteiger partial charge in [-0.1, -0.05) is 42.5 Å². The number of amides is 2. The molecule has 2 N–H and O–H groups in total. The first-order valence-corrected chi connectivity index (χ1v) is 7.56. The Balaban J connectivity index is 2.47. The quantitative estimate of drug-likeness (QED) is 0.855. The van der Waals surface area contributed by atoms with E-state index in [1.807, 2.05) is 63.2 Å². The van der Waals surface area contributed by atoms with Crippen molar-refractivity contribution in [2.75, 3.05) is 0 Å². The average molecular weight is 310 g/mol. The van der Waals surface area contributed by atoms with Gasteiger partial charge in [-0.3, -0.25) is 9.59 Å². The third-order valence-corrected chi connectivity index (χ3v) is 3.17. The summed E-state index contributed by atoms with van der Waals surface area (Å²) in [5, 5.41) is 7.61. The van der Waals surface area contributed by atoms with E-state index in [4.69, 9.17) is 0 Å². The van der Waals surface area contributed by atoms with E-state index < -0.39 is 0 Å². The van der Waals surface area contributed by atoms with Gasteiger partial charge in [-0.15, -0.1) is 0 Å². The van der Waals surface area contributed by atoms with E-state index in [1.165, 1.54) is 6.92 Å². The zero-order chi connectivity index (χ0) is 17.0. The lowest BCUT2D eigenvalue weighted by Gasteiger charge is -2.21. The molecule has 23 heavy (non-hydrogen) atoms. The Bertz CT molecular complexity index is 765. The number of nitrogens with one attached hydrogen (secondary N) is 2. The van der Waals surface area contributed by atoms with Crippen LogP contribution in [-0.2, 0) is 9.59 Å². The van der Waals surface area contributed by atoms with Gasteiger partial charge in [-0.05, 0) is 43.2 Å².